The number of β-amino-alcohol motifs (C(OH)–C–C–N with tert-alkyl or cyclic N) is 1. The fourth-order valence-corrected chi connectivity index (χ4v) is 1.88. The van der Waals surface area contributed by atoms with Gasteiger partial charge in [0.2, 0.25) is 0 Å². The molecular formula is C8H10N2OS. The van der Waals surface area contributed by atoms with E-state index in [0.717, 1.165) is 6.54 Å². The molecule has 1 aromatic heterocycles. The Morgan fingerprint density at radius 2 is 2.58 bits per heavy atom. The molecule has 2 rings (SSSR count). The van der Waals surface area contributed by atoms with Gasteiger partial charge < -0.3 is 10.0 Å². The van der Waals surface area contributed by atoms with E-state index < -0.39 is 0 Å². The number of rotatable bonds is 2. The Balaban J connectivity index is 2.32. The first kappa shape index (κ1) is 7.76. The van der Waals surface area contributed by atoms with Crippen molar-refractivity contribution in [1.82, 2.24) is 9.27 Å². The standard InChI is InChI=1S/C8H10N2OS/c11-4-3-10-2-1-8-7(6-10)5-9-12-8/h1,5-6,11H,2-4H2. The highest BCUT2D eigenvalue weighted by Crippen LogP contribution is 1.92. The lowest BCUT2D eigenvalue weighted by Gasteiger charge is -2.18. The van der Waals surface area contributed by atoms with Gasteiger partial charge >= 0.3 is 0 Å². The van der Waals surface area contributed by atoms with Gasteiger partial charge in [0.05, 0.1) is 11.1 Å². The molecule has 64 valence electrons. The molecule has 0 radical (unpaired) electrons. The van der Waals surface area contributed by atoms with Crippen LogP contribution in [-0.2, 0) is 0 Å². The first-order valence-electron chi connectivity index (χ1n) is 3.88. The molecule has 1 aliphatic rings. The maximum Gasteiger partial charge on any atom is 0.0606 e. The molecule has 0 fully saturated rings. The van der Waals surface area contributed by atoms with Crippen LogP contribution in [0.2, 0.25) is 0 Å². The summed E-state index contributed by atoms with van der Waals surface area (Å²) in [4.78, 5) is 2.08. The maximum absolute atomic E-state index is 8.73. The Hall–Kier alpha value is -0.870. The highest BCUT2D eigenvalue weighted by atomic mass is 32.1. The Labute approximate surface area is 74.4 Å². The molecule has 0 saturated carbocycles. The molecule has 1 aliphatic heterocycles. The van der Waals surface area contributed by atoms with Crippen molar-refractivity contribution in [2.75, 3.05) is 19.7 Å². The van der Waals surface area contributed by atoms with E-state index in [-0.39, 0.29) is 6.61 Å². The van der Waals surface area contributed by atoms with Gasteiger partial charge in [0, 0.05) is 30.7 Å². The van der Waals surface area contributed by atoms with Crippen molar-refractivity contribution < 1.29 is 5.11 Å². The summed E-state index contributed by atoms with van der Waals surface area (Å²) in [7, 11) is 0. The van der Waals surface area contributed by atoms with Crippen LogP contribution in [0, 0.1) is 0 Å². The van der Waals surface area contributed by atoms with Crippen molar-refractivity contribution >= 4 is 23.8 Å². The minimum Gasteiger partial charge on any atom is -0.395 e. The van der Waals surface area contributed by atoms with Crippen LogP contribution < -0.4 is 9.75 Å². The van der Waals surface area contributed by atoms with Gasteiger partial charge in [-0.25, -0.2) is 0 Å². The van der Waals surface area contributed by atoms with Crippen LogP contribution in [0.3, 0.4) is 0 Å². The topological polar surface area (TPSA) is 36.4 Å². The summed E-state index contributed by atoms with van der Waals surface area (Å²) >= 11 is 1.52. The summed E-state index contributed by atoms with van der Waals surface area (Å²) in [6.07, 6.45) is 6.05. The lowest BCUT2D eigenvalue weighted by Crippen LogP contribution is -2.33. The lowest BCUT2D eigenvalue weighted by atomic mass is 10.3. The molecular weight excluding hydrogens is 172 g/mol. The fraction of sp³-hybridized carbons (Fsp3) is 0.375. The number of fused-ring (bicyclic) bond motifs is 1. The summed E-state index contributed by atoms with van der Waals surface area (Å²) in [5.74, 6) is 0. The van der Waals surface area contributed by atoms with Gasteiger partial charge in [0.1, 0.15) is 0 Å². The molecule has 0 saturated heterocycles. The summed E-state index contributed by atoms with van der Waals surface area (Å²) in [5.41, 5.74) is 0. The van der Waals surface area contributed by atoms with E-state index in [2.05, 4.69) is 21.5 Å². The second kappa shape index (κ2) is 3.25. The van der Waals surface area contributed by atoms with E-state index in [1.54, 1.807) is 0 Å². The fourth-order valence-electron chi connectivity index (χ4n) is 1.24. The van der Waals surface area contributed by atoms with Gasteiger partial charge in [0.25, 0.3) is 0 Å². The highest BCUT2D eigenvalue weighted by Gasteiger charge is 2.02. The van der Waals surface area contributed by atoms with Gasteiger partial charge in [-0.3, -0.25) is 0 Å². The van der Waals surface area contributed by atoms with Crippen molar-refractivity contribution in [2.45, 2.75) is 0 Å². The summed E-state index contributed by atoms with van der Waals surface area (Å²) in [6, 6.07) is 0. The van der Waals surface area contributed by atoms with E-state index in [0.29, 0.717) is 6.54 Å². The van der Waals surface area contributed by atoms with Crippen molar-refractivity contribution in [3.05, 3.63) is 15.9 Å². The molecule has 12 heavy (non-hydrogen) atoms. The molecule has 2 heterocycles. The van der Waals surface area contributed by atoms with E-state index in [1.807, 2.05) is 6.20 Å². The summed E-state index contributed by atoms with van der Waals surface area (Å²) < 4.78 is 5.33. The van der Waals surface area contributed by atoms with E-state index in [4.69, 9.17) is 5.11 Å². The van der Waals surface area contributed by atoms with Gasteiger partial charge in [-0.1, -0.05) is 0 Å². The van der Waals surface area contributed by atoms with E-state index in [9.17, 15) is 0 Å². The van der Waals surface area contributed by atoms with Crippen molar-refractivity contribution in [2.24, 2.45) is 0 Å². The number of hydrogen-bond donors (Lipinski definition) is 1. The molecule has 0 spiro atoms. The first-order valence-corrected chi connectivity index (χ1v) is 4.65. The molecule has 0 aromatic carbocycles. The number of aromatic nitrogens is 1. The minimum absolute atomic E-state index is 0.206. The van der Waals surface area contributed by atoms with Crippen molar-refractivity contribution in [3.63, 3.8) is 0 Å². The molecule has 1 N–H and O–H groups in total. The van der Waals surface area contributed by atoms with Crippen LogP contribution in [0.1, 0.15) is 0 Å². The van der Waals surface area contributed by atoms with E-state index >= 15 is 0 Å². The average Bonchev–Trinajstić information content (AvgIpc) is 2.51. The van der Waals surface area contributed by atoms with Crippen LogP contribution in [-0.4, -0.2) is 34.1 Å². The Bertz CT molecular complexity index is 371. The van der Waals surface area contributed by atoms with Crippen LogP contribution in [0.25, 0.3) is 12.3 Å². The highest BCUT2D eigenvalue weighted by molar-refractivity contribution is 7.03. The molecule has 0 atom stereocenters. The van der Waals surface area contributed by atoms with E-state index in [1.165, 1.54) is 21.3 Å². The number of aliphatic hydroxyl groups excluding tert-OH is 1. The molecule has 0 aliphatic carbocycles. The normalized spacial score (nSPS) is 14.9. The SMILES string of the molecule is OCCN1C=c2cnsc2=CC1. The molecule has 3 nitrogen and oxygen atoms in total. The molecule has 0 unspecified atom stereocenters. The Morgan fingerprint density at radius 1 is 1.67 bits per heavy atom. The molecule has 4 heteroatoms. The zero-order valence-corrected chi connectivity index (χ0v) is 7.42. The Morgan fingerprint density at radius 3 is 3.42 bits per heavy atom. The summed E-state index contributed by atoms with van der Waals surface area (Å²) in [5, 5.41) is 9.89. The smallest absolute Gasteiger partial charge is 0.0606 e. The van der Waals surface area contributed by atoms with Gasteiger partial charge in [0.15, 0.2) is 0 Å². The third-order valence-electron chi connectivity index (χ3n) is 1.85. The quantitative estimate of drug-likeness (QED) is 0.635. The predicted octanol–water partition coefficient (Wildman–Crippen LogP) is -1.03. The van der Waals surface area contributed by atoms with Crippen LogP contribution in [0.5, 0.6) is 0 Å². The van der Waals surface area contributed by atoms with Crippen molar-refractivity contribution in [3.8, 4) is 0 Å². The minimum atomic E-state index is 0.206. The van der Waals surface area contributed by atoms with Gasteiger partial charge in [-0.2, -0.15) is 4.37 Å². The Kier molecular flexibility index (Phi) is 2.10. The first-order chi connectivity index (χ1) is 5.90. The third kappa shape index (κ3) is 1.35. The molecule has 0 bridgehead atoms. The average molecular weight is 182 g/mol. The largest absolute Gasteiger partial charge is 0.395 e. The number of aliphatic hydroxyl groups is 1. The van der Waals surface area contributed by atoms with Crippen LogP contribution in [0.15, 0.2) is 6.20 Å². The van der Waals surface area contributed by atoms with Crippen LogP contribution in [0.4, 0.5) is 0 Å². The zero-order chi connectivity index (χ0) is 8.39. The van der Waals surface area contributed by atoms with Gasteiger partial charge in [-0.15, -0.1) is 0 Å². The molecule has 1 aromatic rings. The zero-order valence-electron chi connectivity index (χ0n) is 6.60. The van der Waals surface area contributed by atoms with Crippen LogP contribution >= 0.6 is 11.5 Å². The number of hydrogen-bond acceptors (Lipinski definition) is 4. The summed E-state index contributed by atoms with van der Waals surface area (Å²) in [6.45, 7) is 1.79. The second-order valence-corrected chi connectivity index (χ2v) is 3.53. The lowest BCUT2D eigenvalue weighted by molar-refractivity contribution is 0.256. The van der Waals surface area contributed by atoms with Gasteiger partial charge in [-0.05, 0) is 17.6 Å². The maximum atomic E-state index is 8.73. The predicted molar refractivity (Wildman–Crippen MR) is 49.0 cm³/mol. The second-order valence-electron chi connectivity index (χ2n) is 2.70. The monoisotopic (exact) mass is 182 g/mol. The van der Waals surface area contributed by atoms with Crippen molar-refractivity contribution in [1.29, 1.82) is 0 Å². The number of nitrogens with zero attached hydrogens (tertiary/aromatic N) is 2. The molecule has 0 amide bonds. The third-order valence-corrected chi connectivity index (χ3v) is 2.66.